The molecular formula is C10H12ClF2NO3S. The van der Waals surface area contributed by atoms with Gasteiger partial charge in [0, 0.05) is 12.4 Å². The predicted molar refractivity (Wildman–Crippen MR) is 63.2 cm³/mol. The number of aliphatic hydroxyl groups excluding tert-OH is 1. The van der Waals surface area contributed by atoms with Crippen LogP contribution in [0.5, 0.6) is 0 Å². The first-order valence-corrected chi connectivity index (χ1v) is 7.00. The molecule has 0 heterocycles. The van der Waals surface area contributed by atoms with Crippen molar-refractivity contribution in [2.24, 2.45) is 0 Å². The van der Waals surface area contributed by atoms with Gasteiger partial charge >= 0.3 is 0 Å². The number of alkyl halides is 3. The number of benzene rings is 1. The van der Waals surface area contributed by atoms with Gasteiger partial charge in [-0.2, -0.15) is 0 Å². The molecule has 8 heteroatoms. The zero-order valence-corrected chi connectivity index (χ0v) is 10.8. The van der Waals surface area contributed by atoms with Crippen molar-refractivity contribution in [3.8, 4) is 0 Å². The van der Waals surface area contributed by atoms with Crippen molar-refractivity contribution in [2.75, 3.05) is 6.54 Å². The van der Waals surface area contributed by atoms with Gasteiger partial charge < -0.3 is 5.11 Å². The Kier molecular flexibility index (Phi) is 5.46. The first-order valence-electron chi connectivity index (χ1n) is 4.98. The van der Waals surface area contributed by atoms with Crippen molar-refractivity contribution < 1.29 is 22.3 Å². The fourth-order valence-electron chi connectivity index (χ4n) is 1.24. The highest BCUT2D eigenvalue weighted by molar-refractivity contribution is 7.89. The van der Waals surface area contributed by atoms with Gasteiger partial charge in [0.25, 0.3) is 6.43 Å². The van der Waals surface area contributed by atoms with E-state index in [0.717, 1.165) is 0 Å². The SMILES string of the molecule is O=S(=O)(NCC(O)C(F)F)c1ccccc1CCl. The molecule has 1 aromatic carbocycles. The van der Waals surface area contributed by atoms with Gasteiger partial charge in [0.1, 0.15) is 6.10 Å². The van der Waals surface area contributed by atoms with E-state index in [0.29, 0.717) is 5.56 Å². The molecule has 0 spiro atoms. The average molecular weight is 300 g/mol. The van der Waals surface area contributed by atoms with Gasteiger partial charge in [0.15, 0.2) is 0 Å². The second-order valence-electron chi connectivity index (χ2n) is 3.50. The summed E-state index contributed by atoms with van der Waals surface area (Å²) in [5.74, 6) is -0.0194. The smallest absolute Gasteiger partial charge is 0.265 e. The quantitative estimate of drug-likeness (QED) is 0.779. The van der Waals surface area contributed by atoms with E-state index in [-0.39, 0.29) is 10.8 Å². The van der Waals surface area contributed by atoms with Gasteiger partial charge in [-0.1, -0.05) is 18.2 Å². The molecule has 0 aromatic heterocycles. The normalized spacial score (nSPS) is 13.8. The molecule has 2 N–H and O–H groups in total. The predicted octanol–water partition coefficient (Wildman–Crippen LogP) is 1.33. The van der Waals surface area contributed by atoms with Crippen LogP contribution in [0.4, 0.5) is 8.78 Å². The molecule has 1 rings (SSSR count). The molecule has 0 saturated heterocycles. The average Bonchev–Trinajstić information content (AvgIpc) is 2.35. The largest absolute Gasteiger partial charge is 0.386 e. The minimum atomic E-state index is -3.96. The van der Waals surface area contributed by atoms with Gasteiger partial charge in [-0.3, -0.25) is 0 Å². The van der Waals surface area contributed by atoms with Crippen LogP contribution < -0.4 is 4.72 Å². The van der Waals surface area contributed by atoms with Gasteiger partial charge in [0.2, 0.25) is 10.0 Å². The fourth-order valence-corrected chi connectivity index (χ4v) is 2.84. The summed E-state index contributed by atoms with van der Waals surface area (Å²) in [4.78, 5) is -0.0820. The number of rotatable bonds is 6. The number of aliphatic hydroxyl groups is 1. The van der Waals surface area contributed by atoms with Crippen LogP contribution in [-0.2, 0) is 15.9 Å². The zero-order valence-electron chi connectivity index (χ0n) is 9.18. The van der Waals surface area contributed by atoms with Crippen molar-refractivity contribution in [2.45, 2.75) is 23.3 Å². The van der Waals surface area contributed by atoms with Crippen molar-refractivity contribution in [1.29, 1.82) is 0 Å². The van der Waals surface area contributed by atoms with Crippen molar-refractivity contribution in [3.63, 3.8) is 0 Å². The van der Waals surface area contributed by atoms with E-state index in [4.69, 9.17) is 16.7 Å². The Morgan fingerprint density at radius 1 is 1.33 bits per heavy atom. The summed E-state index contributed by atoms with van der Waals surface area (Å²) >= 11 is 5.59. The van der Waals surface area contributed by atoms with Gasteiger partial charge in [-0.25, -0.2) is 21.9 Å². The molecule has 0 aliphatic rings. The van der Waals surface area contributed by atoms with E-state index in [1.807, 2.05) is 4.72 Å². The molecule has 0 saturated carbocycles. The molecule has 0 bridgehead atoms. The van der Waals surface area contributed by atoms with Crippen molar-refractivity contribution >= 4 is 21.6 Å². The maximum atomic E-state index is 12.0. The molecule has 0 fully saturated rings. The Morgan fingerprint density at radius 3 is 2.50 bits per heavy atom. The van der Waals surface area contributed by atoms with Crippen LogP contribution in [0.3, 0.4) is 0 Å². The fraction of sp³-hybridized carbons (Fsp3) is 0.400. The Balaban J connectivity index is 2.87. The molecule has 1 unspecified atom stereocenters. The summed E-state index contributed by atoms with van der Waals surface area (Å²) in [5, 5.41) is 8.86. The minimum Gasteiger partial charge on any atom is -0.386 e. The summed E-state index contributed by atoms with van der Waals surface area (Å²) in [5.41, 5.74) is 0.359. The van der Waals surface area contributed by atoms with Crippen LogP contribution in [0.2, 0.25) is 0 Å². The molecule has 0 radical (unpaired) electrons. The molecule has 0 aliphatic heterocycles. The van der Waals surface area contributed by atoms with Gasteiger partial charge in [-0.05, 0) is 11.6 Å². The van der Waals surface area contributed by atoms with E-state index in [1.54, 1.807) is 6.07 Å². The zero-order chi connectivity index (χ0) is 13.8. The third-order valence-electron chi connectivity index (χ3n) is 2.18. The molecule has 1 aromatic rings. The van der Waals surface area contributed by atoms with Crippen LogP contribution in [-0.4, -0.2) is 32.6 Å². The Labute approximate surface area is 109 Å². The van der Waals surface area contributed by atoms with E-state index >= 15 is 0 Å². The lowest BCUT2D eigenvalue weighted by Crippen LogP contribution is -2.36. The monoisotopic (exact) mass is 299 g/mol. The highest BCUT2D eigenvalue weighted by atomic mass is 35.5. The van der Waals surface area contributed by atoms with E-state index in [2.05, 4.69) is 0 Å². The summed E-state index contributed by atoms with van der Waals surface area (Å²) in [7, 11) is -3.96. The number of sulfonamides is 1. The highest BCUT2D eigenvalue weighted by Crippen LogP contribution is 2.17. The number of nitrogens with one attached hydrogen (secondary N) is 1. The molecule has 4 nitrogen and oxygen atoms in total. The Morgan fingerprint density at radius 2 is 1.94 bits per heavy atom. The first-order chi connectivity index (χ1) is 8.38. The van der Waals surface area contributed by atoms with Gasteiger partial charge in [0.05, 0.1) is 4.90 Å². The maximum Gasteiger partial charge on any atom is 0.265 e. The van der Waals surface area contributed by atoms with E-state index in [1.165, 1.54) is 18.2 Å². The van der Waals surface area contributed by atoms with Crippen LogP contribution >= 0.6 is 11.6 Å². The highest BCUT2D eigenvalue weighted by Gasteiger charge is 2.22. The molecule has 102 valence electrons. The minimum absolute atomic E-state index is 0.0194. The maximum absolute atomic E-state index is 12.0. The molecular weight excluding hydrogens is 288 g/mol. The van der Waals surface area contributed by atoms with Crippen LogP contribution in [0.1, 0.15) is 5.56 Å². The molecule has 1 atom stereocenters. The van der Waals surface area contributed by atoms with Gasteiger partial charge in [-0.15, -0.1) is 11.6 Å². The summed E-state index contributed by atoms with van der Waals surface area (Å²) in [6.07, 6.45) is -5.04. The molecule has 0 aliphatic carbocycles. The van der Waals surface area contributed by atoms with Crippen molar-refractivity contribution in [1.82, 2.24) is 4.72 Å². The number of hydrogen-bond acceptors (Lipinski definition) is 3. The third-order valence-corrected chi connectivity index (χ3v) is 3.99. The van der Waals surface area contributed by atoms with E-state index < -0.39 is 29.1 Å². The van der Waals surface area contributed by atoms with Crippen molar-refractivity contribution in [3.05, 3.63) is 29.8 Å². The Hall–Kier alpha value is -0.760. The first kappa shape index (κ1) is 15.3. The lowest BCUT2D eigenvalue weighted by molar-refractivity contribution is -0.000452. The van der Waals surface area contributed by atoms with Crippen LogP contribution in [0.25, 0.3) is 0 Å². The Bertz CT molecular complexity index is 496. The summed E-state index contributed by atoms with van der Waals surface area (Å²) in [6, 6.07) is 5.94. The lowest BCUT2D eigenvalue weighted by atomic mass is 10.2. The standard InChI is InChI=1S/C10H12ClF2NO3S/c11-5-7-3-1-2-4-9(7)18(16,17)14-6-8(15)10(12)13/h1-4,8,10,14-15H,5-6H2. The number of hydrogen-bond donors (Lipinski definition) is 2. The van der Waals surface area contributed by atoms with E-state index in [9.17, 15) is 17.2 Å². The van der Waals surface area contributed by atoms with Crippen LogP contribution in [0.15, 0.2) is 29.2 Å². The topological polar surface area (TPSA) is 66.4 Å². The summed E-state index contributed by atoms with van der Waals surface area (Å²) < 4.78 is 49.6. The molecule has 0 amide bonds. The molecule has 18 heavy (non-hydrogen) atoms. The third kappa shape index (κ3) is 3.88. The second-order valence-corrected chi connectivity index (χ2v) is 5.50. The second kappa shape index (κ2) is 6.42. The van der Waals surface area contributed by atoms with Crippen LogP contribution in [0, 0.1) is 0 Å². The lowest BCUT2D eigenvalue weighted by Gasteiger charge is -2.12. The summed E-state index contributed by atoms with van der Waals surface area (Å²) in [6.45, 7) is -0.753. The number of halogens is 3.